The molecule has 0 atom stereocenters. The molecular weight excluding hydrogens is 278 g/mol. The van der Waals surface area contributed by atoms with E-state index in [1.807, 2.05) is 39.0 Å². The number of aromatic nitrogens is 2. The van der Waals surface area contributed by atoms with Gasteiger partial charge in [-0.05, 0) is 37.1 Å². The summed E-state index contributed by atoms with van der Waals surface area (Å²) in [5, 5.41) is 6.97. The van der Waals surface area contributed by atoms with Crippen molar-refractivity contribution in [3.05, 3.63) is 41.0 Å². The quantitative estimate of drug-likeness (QED) is 0.672. The fourth-order valence-electron chi connectivity index (χ4n) is 1.79. The minimum Gasteiger partial charge on any atom is -0.370 e. The second-order valence-corrected chi connectivity index (χ2v) is 6.39. The van der Waals surface area contributed by atoms with Crippen LogP contribution < -0.4 is 11.1 Å². The molecule has 22 heavy (non-hydrogen) atoms. The van der Waals surface area contributed by atoms with Gasteiger partial charge in [0.2, 0.25) is 5.89 Å². The highest BCUT2D eigenvalue weighted by molar-refractivity contribution is 5.92. The van der Waals surface area contributed by atoms with E-state index in [-0.39, 0.29) is 12.0 Å². The highest BCUT2D eigenvalue weighted by Gasteiger charge is 2.21. The van der Waals surface area contributed by atoms with Crippen LogP contribution in [0.3, 0.4) is 0 Å². The molecule has 0 spiro atoms. The number of guanidine groups is 1. The van der Waals surface area contributed by atoms with Crippen molar-refractivity contribution in [3.8, 4) is 0 Å². The zero-order chi connectivity index (χ0) is 16.3. The number of hydrogen-bond acceptors (Lipinski definition) is 4. The average Bonchev–Trinajstić information content (AvgIpc) is 2.89. The molecule has 2 rings (SSSR count). The van der Waals surface area contributed by atoms with Gasteiger partial charge in [0.15, 0.2) is 11.8 Å². The molecule has 3 N–H and O–H groups in total. The van der Waals surface area contributed by atoms with E-state index >= 15 is 0 Å². The Balaban J connectivity index is 2.00. The lowest BCUT2D eigenvalue weighted by Gasteiger charge is -2.10. The molecule has 0 saturated carbocycles. The van der Waals surface area contributed by atoms with Crippen LogP contribution in [0.15, 0.2) is 27.7 Å². The monoisotopic (exact) mass is 301 g/mol. The Hall–Kier alpha value is -2.37. The fourth-order valence-corrected chi connectivity index (χ4v) is 1.79. The molecule has 0 amide bonds. The summed E-state index contributed by atoms with van der Waals surface area (Å²) in [6, 6.07) is 6.04. The van der Waals surface area contributed by atoms with Crippen LogP contribution in [-0.2, 0) is 12.0 Å². The maximum Gasteiger partial charge on any atom is 0.232 e. The van der Waals surface area contributed by atoms with E-state index in [2.05, 4.69) is 34.3 Å². The number of aliphatic imine (C=N–C) groups is 1. The Morgan fingerprint density at radius 3 is 2.59 bits per heavy atom. The van der Waals surface area contributed by atoms with Crippen molar-refractivity contribution in [2.75, 3.05) is 5.32 Å². The number of anilines is 1. The van der Waals surface area contributed by atoms with Crippen molar-refractivity contribution in [1.29, 1.82) is 0 Å². The Morgan fingerprint density at radius 2 is 2.00 bits per heavy atom. The Labute approximate surface area is 130 Å². The van der Waals surface area contributed by atoms with Crippen LogP contribution in [-0.4, -0.2) is 16.1 Å². The smallest absolute Gasteiger partial charge is 0.232 e. The molecule has 2 aromatic rings. The third-order valence-electron chi connectivity index (χ3n) is 3.28. The van der Waals surface area contributed by atoms with E-state index in [0.717, 1.165) is 5.69 Å². The summed E-state index contributed by atoms with van der Waals surface area (Å²) < 4.78 is 5.22. The van der Waals surface area contributed by atoms with Gasteiger partial charge in [-0.2, -0.15) is 4.98 Å². The van der Waals surface area contributed by atoms with Crippen LogP contribution in [0, 0.1) is 13.8 Å². The van der Waals surface area contributed by atoms with E-state index in [9.17, 15) is 0 Å². The van der Waals surface area contributed by atoms with Crippen molar-refractivity contribution in [2.45, 2.75) is 46.6 Å². The number of hydrogen-bond donors (Lipinski definition) is 2. The minimum absolute atomic E-state index is 0.168. The molecular formula is C16H23N5O. The van der Waals surface area contributed by atoms with Gasteiger partial charge in [0.05, 0.1) is 0 Å². The third kappa shape index (κ3) is 4.07. The maximum atomic E-state index is 5.89. The molecule has 0 bridgehead atoms. The lowest BCUT2D eigenvalue weighted by atomic mass is 9.97. The number of nitrogens with two attached hydrogens (primary N) is 1. The van der Waals surface area contributed by atoms with Crippen LogP contribution in [0.4, 0.5) is 5.69 Å². The minimum atomic E-state index is -0.168. The first-order valence-electron chi connectivity index (χ1n) is 7.23. The first-order valence-corrected chi connectivity index (χ1v) is 7.23. The molecule has 118 valence electrons. The number of nitrogens with zero attached hydrogens (tertiary/aromatic N) is 3. The van der Waals surface area contributed by atoms with Gasteiger partial charge in [-0.3, -0.25) is 0 Å². The zero-order valence-corrected chi connectivity index (χ0v) is 13.8. The zero-order valence-electron chi connectivity index (χ0n) is 13.8. The first-order chi connectivity index (χ1) is 10.3. The van der Waals surface area contributed by atoms with Gasteiger partial charge >= 0.3 is 0 Å². The molecule has 1 heterocycles. The number of nitrogens with one attached hydrogen (secondary N) is 1. The van der Waals surface area contributed by atoms with Crippen molar-refractivity contribution in [2.24, 2.45) is 10.7 Å². The summed E-state index contributed by atoms with van der Waals surface area (Å²) in [6.07, 6.45) is 0. The van der Waals surface area contributed by atoms with Gasteiger partial charge in [-0.25, -0.2) is 4.99 Å². The lowest BCUT2D eigenvalue weighted by Crippen LogP contribution is -2.22. The van der Waals surface area contributed by atoms with Gasteiger partial charge in [-0.1, -0.05) is 32.0 Å². The molecule has 1 aromatic heterocycles. The largest absolute Gasteiger partial charge is 0.370 e. The van der Waals surface area contributed by atoms with Crippen molar-refractivity contribution in [1.82, 2.24) is 10.1 Å². The standard InChI is InChI=1S/C16H23N5O/c1-10-6-7-12(8-11(10)2)19-15(17)18-9-13-20-14(22-21-13)16(3,4)5/h6-8H,9H2,1-5H3,(H3,17,18,19). The lowest BCUT2D eigenvalue weighted by molar-refractivity contribution is 0.318. The van der Waals surface area contributed by atoms with E-state index < -0.39 is 0 Å². The van der Waals surface area contributed by atoms with Crippen molar-refractivity contribution < 1.29 is 4.52 Å². The molecule has 0 fully saturated rings. The Kier molecular flexibility index (Phi) is 4.49. The Morgan fingerprint density at radius 1 is 1.27 bits per heavy atom. The predicted octanol–water partition coefficient (Wildman–Crippen LogP) is 2.91. The second-order valence-electron chi connectivity index (χ2n) is 6.39. The number of aryl methyl sites for hydroxylation is 2. The number of benzene rings is 1. The van der Waals surface area contributed by atoms with Crippen LogP contribution in [0.25, 0.3) is 0 Å². The molecule has 1 aromatic carbocycles. The summed E-state index contributed by atoms with van der Waals surface area (Å²) in [5.74, 6) is 1.44. The second kappa shape index (κ2) is 6.17. The summed E-state index contributed by atoms with van der Waals surface area (Å²) in [4.78, 5) is 8.55. The maximum absolute atomic E-state index is 5.89. The average molecular weight is 301 g/mol. The van der Waals surface area contributed by atoms with Crippen molar-refractivity contribution in [3.63, 3.8) is 0 Å². The van der Waals surface area contributed by atoms with Crippen molar-refractivity contribution >= 4 is 11.6 Å². The summed E-state index contributed by atoms with van der Waals surface area (Å²) in [7, 11) is 0. The molecule has 6 nitrogen and oxygen atoms in total. The SMILES string of the molecule is Cc1ccc(NC(N)=NCc2noc(C(C)(C)C)n2)cc1C. The highest BCUT2D eigenvalue weighted by atomic mass is 16.5. The van der Waals surface area contributed by atoms with Gasteiger partial charge in [0, 0.05) is 11.1 Å². The van der Waals surface area contributed by atoms with E-state index in [1.165, 1.54) is 11.1 Å². The van der Waals surface area contributed by atoms with Crippen LogP contribution in [0.2, 0.25) is 0 Å². The fraction of sp³-hybridized carbons (Fsp3) is 0.438. The summed E-state index contributed by atoms with van der Waals surface area (Å²) in [5.41, 5.74) is 9.07. The number of rotatable bonds is 3. The third-order valence-corrected chi connectivity index (χ3v) is 3.28. The molecule has 0 saturated heterocycles. The molecule has 0 aliphatic heterocycles. The molecule has 0 aliphatic rings. The first kappa shape index (κ1) is 16.0. The molecule has 0 aliphatic carbocycles. The normalized spacial score (nSPS) is 12.5. The predicted molar refractivity (Wildman–Crippen MR) is 87.9 cm³/mol. The molecule has 0 unspecified atom stereocenters. The van der Waals surface area contributed by atoms with Gasteiger partial charge in [-0.15, -0.1) is 0 Å². The van der Waals surface area contributed by atoms with Gasteiger partial charge in [0.1, 0.15) is 6.54 Å². The molecule has 0 radical (unpaired) electrons. The Bertz CT molecular complexity index is 682. The summed E-state index contributed by atoms with van der Waals surface area (Å²) in [6.45, 7) is 10.5. The van der Waals surface area contributed by atoms with Gasteiger partial charge < -0.3 is 15.6 Å². The van der Waals surface area contributed by atoms with E-state index in [4.69, 9.17) is 10.3 Å². The summed E-state index contributed by atoms with van der Waals surface area (Å²) >= 11 is 0. The van der Waals surface area contributed by atoms with E-state index in [1.54, 1.807) is 0 Å². The van der Waals surface area contributed by atoms with Crippen LogP contribution >= 0.6 is 0 Å². The van der Waals surface area contributed by atoms with Crippen LogP contribution in [0.5, 0.6) is 0 Å². The highest BCUT2D eigenvalue weighted by Crippen LogP contribution is 2.19. The molecule has 6 heteroatoms. The van der Waals surface area contributed by atoms with Crippen LogP contribution in [0.1, 0.15) is 43.6 Å². The topological polar surface area (TPSA) is 89.3 Å². The van der Waals surface area contributed by atoms with E-state index in [0.29, 0.717) is 17.7 Å². The van der Waals surface area contributed by atoms with Gasteiger partial charge in [0.25, 0.3) is 0 Å².